The number of carboxylic acids is 1. The van der Waals surface area contributed by atoms with Crippen LogP contribution in [0.1, 0.15) is 32.9 Å². The molecular formula is C42H29Cl3N4O5. The van der Waals surface area contributed by atoms with E-state index in [1.54, 1.807) is 54.6 Å². The van der Waals surface area contributed by atoms with Crippen LogP contribution in [-0.2, 0) is 13.1 Å². The number of phenols is 1. The summed E-state index contributed by atoms with van der Waals surface area (Å²) in [6, 6.07) is 25.8. The highest BCUT2D eigenvalue weighted by Gasteiger charge is 2.28. The van der Waals surface area contributed by atoms with E-state index in [2.05, 4.69) is 10.6 Å². The number of anilines is 2. The molecule has 4 aromatic carbocycles. The Morgan fingerprint density at radius 1 is 0.704 bits per heavy atom. The van der Waals surface area contributed by atoms with Gasteiger partial charge in [0.05, 0.1) is 54.2 Å². The van der Waals surface area contributed by atoms with Gasteiger partial charge in [-0.15, -0.1) is 0 Å². The van der Waals surface area contributed by atoms with E-state index in [9.17, 15) is 19.8 Å². The van der Waals surface area contributed by atoms with Crippen LogP contribution in [0, 0.1) is 13.8 Å². The summed E-state index contributed by atoms with van der Waals surface area (Å²) in [6.45, 7) is 3.79. The lowest BCUT2D eigenvalue weighted by Crippen LogP contribution is -2.15. The Balaban J connectivity index is 1.35. The van der Waals surface area contributed by atoms with Crippen molar-refractivity contribution >= 4 is 84.9 Å². The van der Waals surface area contributed by atoms with Crippen LogP contribution in [0.2, 0.25) is 15.1 Å². The minimum absolute atomic E-state index is 0.0106. The van der Waals surface area contributed by atoms with Gasteiger partial charge in [0.25, 0.3) is 0 Å². The fourth-order valence-corrected chi connectivity index (χ4v) is 7.52. The third kappa shape index (κ3) is 6.10. The van der Waals surface area contributed by atoms with Crippen molar-refractivity contribution in [3.05, 3.63) is 144 Å². The van der Waals surface area contributed by atoms with Gasteiger partial charge in [-0.25, -0.2) is 4.79 Å². The molecule has 2 aromatic heterocycles. The Hall–Kier alpha value is -5.87. The average molecular weight is 776 g/mol. The lowest BCUT2D eigenvalue weighted by Gasteiger charge is -2.22. The summed E-state index contributed by atoms with van der Waals surface area (Å²) in [5.74, 6) is -1.18. The van der Waals surface area contributed by atoms with Crippen LogP contribution in [-0.4, -0.2) is 26.2 Å². The van der Waals surface area contributed by atoms with E-state index in [1.807, 2.05) is 38.1 Å². The molecule has 9 nitrogen and oxygen atoms in total. The third-order valence-corrected chi connectivity index (χ3v) is 10.4. The molecule has 6 aromatic rings. The number of carbonyl (C=O) groups is 1. The van der Waals surface area contributed by atoms with E-state index in [0.717, 1.165) is 22.2 Å². The first-order chi connectivity index (χ1) is 26.0. The van der Waals surface area contributed by atoms with Crippen LogP contribution in [0.15, 0.2) is 100 Å². The fourth-order valence-electron chi connectivity index (χ4n) is 6.87. The molecule has 0 radical (unpaired) electrons. The Bertz CT molecular complexity index is 2880. The number of phenolic OH excluding ortho intramolecular Hbond substituents is 1. The van der Waals surface area contributed by atoms with E-state index in [4.69, 9.17) is 49.2 Å². The third-order valence-electron chi connectivity index (χ3n) is 9.49. The number of benzene rings is 5. The summed E-state index contributed by atoms with van der Waals surface area (Å²) in [7, 11) is 0. The number of nitrogens with zero attached hydrogens (tertiary/aromatic N) is 2. The van der Waals surface area contributed by atoms with E-state index < -0.39 is 5.97 Å². The Labute approximate surface area is 323 Å². The molecule has 0 spiro atoms. The van der Waals surface area contributed by atoms with Crippen molar-refractivity contribution in [1.29, 1.82) is 0 Å². The fraction of sp³-hybridized carbons (Fsp3) is 0.0952. The molecule has 4 N–H and O–H groups in total. The van der Waals surface area contributed by atoms with Crippen molar-refractivity contribution in [2.24, 2.45) is 0 Å². The molecule has 54 heavy (non-hydrogen) atoms. The number of rotatable bonds is 8. The molecule has 1 aliphatic carbocycles. The number of aromatic nitrogens is 2. The molecule has 3 heterocycles. The van der Waals surface area contributed by atoms with Crippen molar-refractivity contribution in [2.75, 3.05) is 10.6 Å². The summed E-state index contributed by atoms with van der Waals surface area (Å²) in [5.41, 5.74) is 5.96. The molecule has 12 heteroatoms. The SMILES string of the molecule is Cc1ccc2c(Cl)ccc(NCc3c4oc5c(CNc6ccc(Cl)c7ccc(C)nc67)c(O)c(Cl)cc5c(-c5ccccc5C(=O)O)c-4ccc3=O)c2n1. The van der Waals surface area contributed by atoms with Crippen LogP contribution in [0.4, 0.5) is 11.4 Å². The summed E-state index contributed by atoms with van der Waals surface area (Å²) in [6.07, 6.45) is 0. The monoisotopic (exact) mass is 774 g/mol. The van der Waals surface area contributed by atoms with Crippen molar-refractivity contribution in [3.63, 3.8) is 0 Å². The number of hydrogen-bond donors (Lipinski definition) is 4. The van der Waals surface area contributed by atoms with E-state index >= 15 is 0 Å². The Kier molecular flexibility index (Phi) is 9.01. The molecule has 0 amide bonds. The van der Waals surface area contributed by atoms with Crippen molar-refractivity contribution in [2.45, 2.75) is 26.9 Å². The predicted molar refractivity (Wildman–Crippen MR) is 216 cm³/mol. The zero-order valence-corrected chi connectivity index (χ0v) is 31.0. The predicted octanol–water partition coefficient (Wildman–Crippen LogP) is 10.9. The zero-order chi connectivity index (χ0) is 37.8. The van der Waals surface area contributed by atoms with Gasteiger partial charge in [-0.05, 0) is 92.2 Å². The van der Waals surface area contributed by atoms with E-state index in [1.165, 1.54) is 12.1 Å². The van der Waals surface area contributed by atoms with Gasteiger partial charge in [0, 0.05) is 51.8 Å². The van der Waals surface area contributed by atoms with Crippen molar-refractivity contribution in [3.8, 4) is 28.2 Å². The van der Waals surface area contributed by atoms with Gasteiger partial charge in [-0.1, -0.05) is 53.0 Å². The van der Waals surface area contributed by atoms with Crippen LogP contribution >= 0.6 is 34.8 Å². The molecular weight excluding hydrogens is 747 g/mol. The number of carboxylic acid groups (broad SMARTS) is 1. The quantitative estimate of drug-likeness (QED) is 0.111. The maximum absolute atomic E-state index is 13.8. The summed E-state index contributed by atoms with van der Waals surface area (Å²) in [5, 5.41) is 31.6. The van der Waals surface area contributed by atoms with Gasteiger partial charge in [-0.2, -0.15) is 0 Å². The van der Waals surface area contributed by atoms with E-state index in [0.29, 0.717) is 54.5 Å². The number of halogens is 3. The first-order valence-corrected chi connectivity index (χ1v) is 18.0. The summed E-state index contributed by atoms with van der Waals surface area (Å²) in [4.78, 5) is 35.8. The average Bonchev–Trinajstić information content (AvgIpc) is 3.15. The second-order valence-electron chi connectivity index (χ2n) is 12.9. The summed E-state index contributed by atoms with van der Waals surface area (Å²) >= 11 is 19.7. The molecule has 2 aliphatic rings. The normalized spacial score (nSPS) is 11.5. The van der Waals surface area contributed by atoms with Gasteiger partial charge in [0.15, 0.2) is 5.43 Å². The number of pyridine rings is 2. The molecule has 0 saturated carbocycles. The van der Waals surface area contributed by atoms with Gasteiger partial charge >= 0.3 is 5.97 Å². The van der Waals surface area contributed by atoms with Crippen molar-refractivity contribution < 1.29 is 19.4 Å². The first kappa shape index (κ1) is 35.2. The molecule has 8 rings (SSSR count). The van der Waals surface area contributed by atoms with Crippen molar-refractivity contribution in [1.82, 2.24) is 9.97 Å². The molecule has 268 valence electrons. The van der Waals surface area contributed by atoms with Gasteiger partial charge in [0.2, 0.25) is 0 Å². The molecule has 0 bridgehead atoms. The van der Waals surface area contributed by atoms with Gasteiger partial charge in [-0.3, -0.25) is 14.8 Å². The van der Waals surface area contributed by atoms with Crippen LogP contribution in [0.25, 0.3) is 55.2 Å². The first-order valence-electron chi connectivity index (χ1n) is 16.8. The topological polar surface area (TPSA) is 138 Å². The lowest BCUT2D eigenvalue weighted by atomic mass is 9.88. The number of nitrogens with one attached hydrogen (secondary N) is 2. The maximum Gasteiger partial charge on any atom is 0.336 e. The number of aromatic carboxylic acids is 1. The smallest absolute Gasteiger partial charge is 0.336 e. The number of aromatic hydroxyl groups is 1. The highest BCUT2D eigenvalue weighted by molar-refractivity contribution is 6.36. The number of aryl methyl sites for hydroxylation is 2. The summed E-state index contributed by atoms with van der Waals surface area (Å²) < 4.78 is 6.70. The highest BCUT2D eigenvalue weighted by Crippen LogP contribution is 2.47. The van der Waals surface area contributed by atoms with E-state index in [-0.39, 0.29) is 57.3 Å². The Morgan fingerprint density at radius 3 is 1.91 bits per heavy atom. The van der Waals surface area contributed by atoms with Crippen LogP contribution < -0.4 is 16.1 Å². The second kappa shape index (κ2) is 13.8. The minimum Gasteiger partial charge on any atom is -0.506 e. The van der Waals surface area contributed by atoms with Crippen LogP contribution in [0.5, 0.6) is 5.75 Å². The number of fused-ring (bicyclic) bond motifs is 4. The number of hydrogen-bond acceptors (Lipinski definition) is 8. The second-order valence-corrected chi connectivity index (χ2v) is 14.1. The minimum atomic E-state index is -1.14. The molecule has 0 atom stereocenters. The standard InChI is InChI=1S/C42H29Cl3N4O5/c1-20-7-9-24-30(43)12-14-33(37(24)48-20)46-18-28-35(50)16-11-26-36(22-5-3-4-6-23(22)42(52)53)27-17-32(45)39(51)29(41(27)54-40(26)28)19-47-34-15-13-31(44)25-10-8-21(2)49-38(25)34/h3-17,46-47,51H,18-19H2,1-2H3,(H,52,53). The largest absolute Gasteiger partial charge is 0.506 e. The lowest BCUT2D eigenvalue weighted by molar-refractivity contribution is 0.0697. The zero-order valence-electron chi connectivity index (χ0n) is 28.7. The maximum atomic E-state index is 13.8. The van der Waals surface area contributed by atoms with Gasteiger partial charge in [0.1, 0.15) is 17.1 Å². The Morgan fingerprint density at radius 2 is 1.30 bits per heavy atom. The molecule has 1 aliphatic heterocycles. The van der Waals surface area contributed by atoms with Gasteiger partial charge < -0.3 is 25.3 Å². The molecule has 0 unspecified atom stereocenters. The highest BCUT2D eigenvalue weighted by atomic mass is 35.5. The molecule has 0 fully saturated rings. The molecule has 0 saturated heterocycles. The van der Waals surface area contributed by atoms with Crippen LogP contribution in [0.3, 0.4) is 0 Å².